The van der Waals surface area contributed by atoms with Gasteiger partial charge in [0, 0.05) is 31.8 Å². The molecular weight excluding hydrogens is 166 g/mol. The van der Waals surface area contributed by atoms with Crippen LogP contribution in [0.15, 0.2) is 0 Å². The fourth-order valence-corrected chi connectivity index (χ4v) is 1.88. The molecule has 0 spiro atoms. The summed E-state index contributed by atoms with van der Waals surface area (Å²) in [7, 11) is 0. The normalized spacial score (nSPS) is 33.3. The molecular formula is C10H15NO2. The Morgan fingerprint density at radius 2 is 1.92 bits per heavy atom. The SMILES string of the molecule is CC1CC1C(=O)N1CCC(=O)CC1. The first-order valence-corrected chi connectivity index (χ1v) is 4.99. The summed E-state index contributed by atoms with van der Waals surface area (Å²) in [6.07, 6.45) is 2.17. The molecule has 13 heavy (non-hydrogen) atoms. The summed E-state index contributed by atoms with van der Waals surface area (Å²) >= 11 is 0. The highest BCUT2D eigenvalue weighted by Gasteiger charge is 2.41. The Hall–Kier alpha value is -0.860. The van der Waals surface area contributed by atoms with Crippen molar-refractivity contribution in [1.82, 2.24) is 4.90 Å². The van der Waals surface area contributed by atoms with Crippen LogP contribution >= 0.6 is 0 Å². The second-order valence-electron chi connectivity index (χ2n) is 4.18. The van der Waals surface area contributed by atoms with E-state index in [4.69, 9.17) is 0 Å². The summed E-state index contributed by atoms with van der Waals surface area (Å²) in [5.74, 6) is 1.42. The van der Waals surface area contributed by atoms with Gasteiger partial charge in [-0.1, -0.05) is 6.92 Å². The summed E-state index contributed by atoms with van der Waals surface area (Å²) in [5, 5.41) is 0. The molecule has 2 rings (SSSR count). The molecule has 3 nitrogen and oxygen atoms in total. The Labute approximate surface area is 78.1 Å². The summed E-state index contributed by atoms with van der Waals surface area (Å²) in [4.78, 5) is 24.5. The number of amides is 1. The first kappa shape index (κ1) is 8.73. The number of Topliss-reactive ketones (excluding diaryl/α,β-unsaturated/α-hetero) is 1. The number of carbonyl (C=O) groups is 2. The molecule has 1 heterocycles. The van der Waals surface area contributed by atoms with E-state index in [1.165, 1.54) is 0 Å². The number of hydrogen-bond donors (Lipinski definition) is 0. The minimum atomic E-state index is 0.271. The van der Waals surface area contributed by atoms with E-state index >= 15 is 0 Å². The zero-order chi connectivity index (χ0) is 9.42. The van der Waals surface area contributed by atoms with Crippen molar-refractivity contribution in [2.24, 2.45) is 11.8 Å². The zero-order valence-electron chi connectivity index (χ0n) is 7.95. The van der Waals surface area contributed by atoms with E-state index in [1.54, 1.807) is 0 Å². The lowest BCUT2D eigenvalue weighted by Crippen LogP contribution is -2.39. The van der Waals surface area contributed by atoms with Gasteiger partial charge in [-0.05, 0) is 12.3 Å². The minimum absolute atomic E-state index is 0.271. The first-order chi connectivity index (χ1) is 6.18. The second-order valence-corrected chi connectivity index (χ2v) is 4.18. The molecule has 0 aromatic carbocycles. The van der Waals surface area contributed by atoms with Crippen molar-refractivity contribution in [2.75, 3.05) is 13.1 Å². The number of hydrogen-bond acceptors (Lipinski definition) is 2. The monoisotopic (exact) mass is 181 g/mol. The van der Waals surface area contributed by atoms with Crippen LogP contribution in [0.1, 0.15) is 26.2 Å². The Kier molecular flexibility index (Phi) is 2.10. The summed E-state index contributed by atoms with van der Waals surface area (Å²) in [5.41, 5.74) is 0. The van der Waals surface area contributed by atoms with Crippen LogP contribution in [0.5, 0.6) is 0 Å². The largest absolute Gasteiger partial charge is 0.342 e. The molecule has 0 radical (unpaired) electrons. The van der Waals surface area contributed by atoms with E-state index in [-0.39, 0.29) is 11.8 Å². The molecule has 2 atom stereocenters. The Morgan fingerprint density at radius 1 is 1.38 bits per heavy atom. The van der Waals surface area contributed by atoms with Gasteiger partial charge >= 0.3 is 0 Å². The molecule has 0 aromatic heterocycles. The Bertz CT molecular complexity index is 239. The van der Waals surface area contributed by atoms with Crippen molar-refractivity contribution in [3.63, 3.8) is 0 Å². The molecule has 1 saturated carbocycles. The molecule has 0 N–H and O–H groups in total. The average Bonchev–Trinajstić information content (AvgIpc) is 2.83. The molecule has 0 aromatic rings. The van der Waals surface area contributed by atoms with E-state index in [0.717, 1.165) is 6.42 Å². The molecule has 72 valence electrons. The number of rotatable bonds is 1. The van der Waals surface area contributed by atoms with Crippen molar-refractivity contribution >= 4 is 11.7 Å². The van der Waals surface area contributed by atoms with E-state index < -0.39 is 0 Å². The zero-order valence-corrected chi connectivity index (χ0v) is 7.95. The average molecular weight is 181 g/mol. The number of ketones is 1. The highest BCUT2D eigenvalue weighted by Crippen LogP contribution is 2.39. The number of carbonyl (C=O) groups excluding carboxylic acids is 2. The molecule has 1 aliphatic carbocycles. The highest BCUT2D eigenvalue weighted by molar-refractivity contribution is 5.85. The smallest absolute Gasteiger partial charge is 0.225 e. The van der Waals surface area contributed by atoms with Gasteiger partial charge in [0.05, 0.1) is 0 Å². The van der Waals surface area contributed by atoms with Gasteiger partial charge in [0.1, 0.15) is 5.78 Å². The molecule has 2 fully saturated rings. The van der Waals surface area contributed by atoms with Crippen molar-refractivity contribution in [1.29, 1.82) is 0 Å². The van der Waals surface area contributed by atoms with Crippen LogP contribution in [-0.4, -0.2) is 29.7 Å². The fourth-order valence-electron chi connectivity index (χ4n) is 1.88. The van der Waals surface area contributed by atoms with Crippen LogP contribution in [-0.2, 0) is 9.59 Å². The lowest BCUT2D eigenvalue weighted by molar-refractivity contribution is -0.135. The predicted octanol–water partition coefficient (Wildman–Crippen LogP) is 0.834. The summed E-state index contributed by atoms with van der Waals surface area (Å²) in [6, 6.07) is 0. The van der Waals surface area contributed by atoms with Gasteiger partial charge in [0.15, 0.2) is 0 Å². The standard InChI is InChI=1S/C10H15NO2/c1-7-6-9(7)10(13)11-4-2-8(12)3-5-11/h7,9H,2-6H2,1H3. The highest BCUT2D eigenvalue weighted by atomic mass is 16.2. The van der Waals surface area contributed by atoms with Crippen LogP contribution in [0.2, 0.25) is 0 Å². The topological polar surface area (TPSA) is 37.4 Å². The third-order valence-corrected chi connectivity index (χ3v) is 3.06. The molecule has 0 bridgehead atoms. The molecule has 1 aliphatic heterocycles. The lowest BCUT2D eigenvalue weighted by Gasteiger charge is -2.26. The van der Waals surface area contributed by atoms with Crippen LogP contribution in [0.25, 0.3) is 0 Å². The van der Waals surface area contributed by atoms with Crippen molar-refractivity contribution in [3.05, 3.63) is 0 Å². The van der Waals surface area contributed by atoms with Crippen LogP contribution in [0.4, 0.5) is 0 Å². The van der Waals surface area contributed by atoms with Crippen molar-refractivity contribution in [2.45, 2.75) is 26.2 Å². The fraction of sp³-hybridized carbons (Fsp3) is 0.800. The first-order valence-electron chi connectivity index (χ1n) is 4.99. The van der Waals surface area contributed by atoms with Gasteiger partial charge in [0.2, 0.25) is 5.91 Å². The van der Waals surface area contributed by atoms with Crippen LogP contribution in [0.3, 0.4) is 0 Å². The van der Waals surface area contributed by atoms with Gasteiger partial charge < -0.3 is 4.90 Å². The van der Waals surface area contributed by atoms with Crippen molar-refractivity contribution in [3.8, 4) is 0 Å². The molecule has 3 heteroatoms. The van der Waals surface area contributed by atoms with Gasteiger partial charge in [0.25, 0.3) is 0 Å². The van der Waals surface area contributed by atoms with Crippen molar-refractivity contribution < 1.29 is 9.59 Å². The minimum Gasteiger partial charge on any atom is -0.342 e. The maximum atomic E-state index is 11.7. The molecule has 1 amide bonds. The van der Waals surface area contributed by atoms with E-state index in [2.05, 4.69) is 6.92 Å². The van der Waals surface area contributed by atoms with E-state index in [0.29, 0.717) is 37.6 Å². The molecule has 2 unspecified atom stereocenters. The third-order valence-electron chi connectivity index (χ3n) is 3.06. The summed E-state index contributed by atoms with van der Waals surface area (Å²) < 4.78 is 0. The van der Waals surface area contributed by atoms with Gasteiger partial charge in [-0.15, -0.1) is 0 Å². The van der Waals surface area contributed by atoms with Gasteiger partial charge in [-0.25, -0.2) is 0 Å². The third kappa shape index (κ3) is 1.74. The number of piperidine rings is 1. The summed E-state index contributed by atoms with van der Waals surface area (Å²) in [6.45, 7) is 3.42. The molecule has 2 aliphatic rings. The Balaban J connectivity index is 1.87. The van der Waals surface area contributed by atoms with E-state index in [1.807, 2.05) is 4.90 Å². The van der Waals surface area contributed by atoms with Gasteiger partial charge in [-0.2, -0.15) is 0 Å². The number of likely N-dealkylation sites (tertiary alicyclic amines) is 1. The maximum absolute atomic E-state index is 11.7. The van der Waals surface area contributed by atoms with Crippen LogP contribution in [0, 0.1) is 11.8 Å². The quantitative estimate of drug-likeness (QED) is 0.601. The molecule has 1 saturated heterocycles. The van der Waals surface area contributed by atoms with Gasteiger partial charge in [-0.3, -0.25) is 9.59 Å². The lowest BCUT2D eigenvalue weighted by atomic mass is 10.1. The van der Waals surface area contributed by atoms with E-state index in [9.17, 15) is 9.59 Å². The Morgan fingerprint density at radius 3 is 2.38 bits per heavy atom. The maximum Gasteiger partial charge on any atom is 0.225 e. The predicted molar refractivity (Wildman–Crippen MR) is 48.1 cm³/mol. The second kappa shape index (κ2) is 3.13. The van der Waals surface area contributed by atoms with Crippen LogP contribution < -0.4 is 0 Å². The number of nitrogens with zero attached hydrogens (tertiary/aromatic N) is 1.